The fraction of sp³-hybridized carbons (Fsp3) is 0.615. The number of nitro groups is 1. The maximum Gasteiger partial charge on any atom is 0.334 e. The predicted molar refractivity (Wildman–Crippen MR) is 74.4 cm³/mol. The molecule has 0 fully saturated rings. The van der Waals surface area contributed by atoms with Gasteiger partial charge in [0.15, 0.2) is 0 Å². The van der Waals surface area contributed by atoms with Crippen molar-refractivity contribution in [2.75, 3.05) is 5.32 Å². The zero-order valence-corrected chi connectivity index (χ0v) is 11.6. The molecule has 6 heteroatoms. The fourth-order valence-electron chi connectivity index (χ4n) is 2.38. The molecule has 104 valence electrons. The molecule has 0 aliphatic heterocycles. The van der Waals surface area contributed by atoms with Crippen molar-refractivity contribution in [3.63, 3.8) is 0 Å². The molecule has 0 spiro atoms. The molecule has 2 rings (SSSR count). The third-order valence-electron chi connectivity index (χ3n) is 3.39. The largest absolute Gasteiger partial charge is 0.361 e. The Bertz CT molecular complexity index is 505. The zero-order valence-electron chi connectivity index (χ0n) is 11.6. The summed E-state index contributed by atoms with van der Waals surface area (Å²) in [6.07, 6.45) is 7.18. The average Bonchev–Trinajstić information content (AvgIpc) is 2.68. The molecule has 1 atom stereocenters. The molecule has 0 amide bonds. The average molecular weight is 264 g/mol. The van der Waals surface area contributed by atoms with Crippen LogP contribution in [0.2, 0.25) is 0 Å². The Labute approximate surface area is 112 Å². The van der Waals surface area contributed by atoms with Crippen LogP contribution >= 0.6 is 0 Å². The molecule has 0 saturated carbocycles. The molecule has 1 N–H and O–H groups in total. The second kappa shape index (κ2) is 5.42. The SMILES string of the molecule is CC(C)c1nn(C)c(NC2CC=CCC2)c1[N+](=O)[O-]. The summed E-state index contributed by atoms with van der Waals surface area (Å²) in [4.78, 5) is 11.0. The van der Waals surface area contributed by atoms with Crippen molar-refractivity contribution in [2.45, 2.75) is 45.1 Å². The van der Waals surface area contributed by atoms with Crippen molar-refractivity contribution in [1.29, 1.82) is 0 Å². The second-order valence-electron chi connectivity index (χ2n) is 5.24. The van der Waals surface area contributed by atoms with Crippen LogP contribution in [0.25, 0.3) is 0 Å². The fourth-order valence-corrected chi connectivity index (χ4v) is 2.38. The van der Waals surface area contributed by atoms with Gasteiger partial charge in [0, 0.05) is 19.0 Å². The molecule has 1 aliphatic rings. The minimum Gasteiger partial charge on any atom is -0.361 e. The number of aromatic nitrogens is 2. The summed E-state index contributed by atoms with van der Waals surface area (Å²) in [5.41, 5.74) is 0.661. The van der Waals surface area contributed by atoms with E-state index in [1.165, 1.54) is 0 Å². The van der Waals surface area contributed by atoms with Gasteiger partial charge in [-0.25, -0.2) is 4.68 Å². The molecule has 1 heterocycles. The van der Waals surface area contributed by atoms with Crippen LogP contribution in [0.5, 0.6) is 0 Å². The van der Waals surface area contributed by atoms with Gasteiger partial charge in [-0.2, -0.15) is 5.10 Å². The number of anilines is 1. The van der Waals surface area contributed by atoms with Gasteiger partial charge in [0.05, 0.1) is 4.92 Å². The molecule has 0 saturated heterocycles. The van der Waals surface area contributed by atoms with E-state index in [4.69, 9.17) is 0 Å². The van der Waals surface area contributed by atoms with E-state index in [2.05, 4.69) is 22.6 Å². The van der Waals surface area contributed by atoms with E-state index in [1.807, 2.05) is 13.8 Å². The molecule has 0 radical (unpaired) electrons. The van der Waals surface area contributed by atoms with Crippen molar-refractivity contribution < 1.29 is 4.92 Å². The Kier molecular flexibility index (Phi) is 3.87. The number of allylic oxidation sites excluding steroid dienone is 1. The summed E-state index contributed by atoms with van der Waals surface area (Å²) in [5, 5.41) is 18.9. The lowest BCUT2D eigenvalue weighted by Gasteiger charge is -2.19. The quantitative estimate of drug-likeness (QED) is 0.515. The third-order valence-corrected chi connectivity index (χ3v) is 3.39. The minimum absolute atomic E-state index is 0.0356. The van der Waals surface area contributed by atoms with Crippen LogP contribution in [-0.4, -0.2) is 20.7 Å². The van der Waals surface area contributed by atoms with Gasteiger partial charge in [-0.3, -0.25) is 10.1 Å². The zero-order chi connectivity index (χ0) is 14.0. The second-order valence-corrected chi connectivity index (χ2v) is 5.24. The van der Waals surface area contributed by atoms with E-state index < -0.39 is 0 Å². The summed E-state index contributed by atoms with van der Waals surface area (Å²) in [6.45, 7) is 3.84. The molecular weight excluding hydrogens is 244 g/mol. The molecule has 1 aromatic rings. The molecule has 1 unspecified atom stereocenters. The van der Waals surface area contributed by atoms with Gasteiger partial charge in [0.25, 0.3) is 0 Å². The van der Waals surface area contributed by atoms with E-state index in [0.29, 0.717) is 11.5 Å². The van der Waals surface area contributed by atoms with Gasteiger partial charge in [-0.15, -0.1) is 0 Å². The topological polar surface area (TPSA) is 73.0 Å². The van der Waals surface area contributed by atoms with E-state index in [1.54, 1.807) is 11.7 Å². The number of aryl methyl sites for hydroxylation is 1. The summed E-state index contributed by atoms with van der Waals surface area (Å²) < 4.78 is 1.59. The lowest BCUT2D eigenvalue weighted by Crippen LogP contribution is -2.22. The number of rotatable bonds is 4. The van der Waals surface area contributed by atoms with Gasteiger partial charge < -0.3 is 5.32 Å². The first-order chi connectivity index (χ1) is 9.00. The molecule has 1 aliphatic carbocycles. The standard InChI is InChI=1S/C13H20N4O2/c1-9(2)11-12(17(18)19)13(16(3)15-11)14-10-7-5-4-6-8-10/h4-5,9-10,14H,6-8H2,1-3H3. The third kappa shape index (κ3) is 2.77. The van der Waals surface area contributed by atoms with Crippen LogP contribution in [0.1, 0.15) is 44.7 Å². The number of hydrogen-bond acceptors (Lipinski definition) is 4. The van der Waals surface area contributed by atoms with Crippen molar-refractivity contribution >= 4 is 11.5 Å². The van der Waals surface area contributed by atoms with Crippen molar-refractivity contribution in [2.24, 2.45) is 7.05 Å². The lowest BCUT2D eigenvalue weighted by molar-refractivity contribution is -0.384. The minimum atomic E-state index is -0.330. The maximum atomic E-state index is 11.3. The van der Waals surface area contributed by atoms with Gasteiger partial charge in [0.1, 0.15) is 5.69 Å². The first kappa shape index (κ1) is 13.6. The molecule has 1 aromatic heterocycles. The predicted octanol–water partition coefficient (Wildman–Crippen LogP) is 2.97. The van der Waals surface area contributed by atoms with Crippen LogP contribution in [0, 0.1) is 10.1 Å². The van der Waals surface area contributed by atoms with E-state index in [-0.39, 0.29) is 22.6 Å². The van der Waals surface area contributed by atoms with Crippen LogP contribution < -0.4 is 5.32 Å². The Hall–Kier alpha value is -1.85. The first-order valence-electron chi connectivity index (χ1n) is 6.63. The van der Waals surface area contributed by atoms with E-state index in [0.717, 1.165) is 19.3 Å². The van der Waals surface area contributed by atoms with Gasteiger partial charge in [-0.1, -0.05) is 26.0 Å². The monoisotopic (exact) mass is 264 g/mol. The Morgan fingerprint density at radius 3 is 2.79 bits per heavy atom. The normalized spacial score (nSPS) is 18.8. The first-order valence-corrected chi connectivity index (χ1v) is 6.63. The highest BCUT2D eigenvalue weighted by Crippen LogP contribution is 2.34. The number of hydrogen-bond donors (Lipinski definition) is 1. The molecular formula is C13H20N4O2. The van der Waals surface area contributed by atoms with Crippen molar-refractivity contribution in [3.05, 3.63) is 28.0 Å². The van der Waals surface area contributed by atoms with Crippen molar-refractivity contribution in [3.8, 4) is 0 Å². The summed E-state index contributed by atoms with van der Waals surface area (Å²) >= 11 is 0. The van der Waals surface area contributed by atoms with Gasteiger partial charge in [0.2, 0.25) is 5.82 Å². The molecule has 0 aromatic carbocycles. The van der Waals surface area contributed by atoms with Crippen LogP contribution in [0.4, 0.5) is 11.5 Å². The van der Waals surface area contributed by atoms with E-state index in [9.17, 15) is 10.1 Å². The molecule has 19 heavy (non-hydrogen) atoms. The van der Waals surface area contributed by atoms with Crippen LogP contribution in [0.15, 0.2) is 12.2 Å². The highest BCUT2D eigenvalue weighted by molar-refractivity contribution is 5.61. The maximum absolute atomic E-state index is 11.3. The van der Waals surface area contributed by atoms with Crippen molar-refractivity contribution in [1.82, 2.24) is 9.78 Å². The van der Waals surface area contributed by atoms with Gasteiger partial charge >= 0.3 is 5.69 Å². The highest BCUT2D eigenvalue weighted by atomic mass is 16.6. The lowest BCUT2D eigenvalue weighted by atomic mass is 10.0. The van der Waals surface area contributed by atoms with E-state index >= 15 is 0 Å². The van der Waals surface area contributed by atoms with Gasteiger partial charge in [-0.05, 0) is 19.3 Å². The summed E-state index contributed by atoms with van der Waals surface area (Å²) in [5.74, 6) is 0.558. The van der Waals surface area contributed by atoms with Crippen LogP contribution in [-0.2, 0) is 7.05 Å². The van der Waals surface area contributed by atoms with Crippen LogP contribution in [0.3, 0.4) is 0 Å². The highest BCUT2D eigenvalue weighted by Gasteiger charge is 2.29. The summed E-state index contributed by atoms with van der Waals surface area (Å²) in [7, 11) is 1.75. The number of nitrogens with one attached hydrogen (secondary N) is 1. The Morgan fingerprint density at radius 2 is 2.26 bits per heavy atom. The number of nitrogens with zero attached hydrogens (tertiary/aromatic N) is 3. The Balaban J connectivity index is 2.33. The smallest absolute Gasteiger partial charge is 0.334 e. The molecule has 0 bridgehead atoms. The Morgan fingerprint density at radius 1 is 1.53 bits per heavy atom. The summed E-state index contributed by atoms with van der Waals surface area (Å²) in [6, 6.07) is 0.249. The molecule has 6 nitrogen and oxygen atoms in total.